The molecule has 4 heterocycles. The van der Waals surface area contributed by atoms with Crippen molar-refractivity contribution >= 4 is 39.1 Å². The SMILES string of the molecule is CN1C(=O)[C@]2(C(=C(O)c3cccc(S(=O)(=O)N4CCCCC4)c3)C(=O)C(=O)N2CCN2CCOCC2)c2ccccc21. The number of carbonyl (C=O) groups is 3. The Kier molecular flexibility index (Phi) is 7.42. The predicted molar refractivity (Wildman–Crippen MR) is 154 cm³/mol. The number of aliphatic hydroxyl groups excluding tert-OH is 1. The molecule has 1 spiro atoms. The summed E-state index contributed by atoms with van der Waals surface area (Å²) in [5, 5.41) is 11.8. The quantitative estimate of drug-likeness (QED) is 0.305. The van der Waals surface area contributed by atoms with Gasteiger partial charge >= 0.3 is 0 Å². The van der Waals surface area contributed by atoms with Crippen LogP contribution in [-0.4, -0.2) is 105 Å². The number of fused-ring (bicyclic) bond motifs is 2. The number of likely N-dealkylation sites (tertiary alicyclic amines) is 1. The number of morpholine rings is 1. The van der Waals surface area contributed by atoms with E-state index in [0.29, 0.717) is 57.2 Å². The summed E-state index contributed by atoms with van der Waals surface area (Å²) in [5.41, 5.74) is -1.27. The van der Waals surface area contributed by atoms with Gasteiger partial charge in [0, 0.05) is 63.1 Å². The van der Waals surface area contributed by atoms with Crippen molar-refractivity contribution in [2.75, 3.05) is 64.4 Å². The largest absolute Gasteiger partial charge is 0.507 e. The molecule has 4 aliphatic rings. The summed E-state index contributed by atoms with van der Waals surface area (Å²) in [6.45, 7) is 3.69. The van der Waals surface area contributed by atoms with E-state index in [-0.39, 0.29) is 22.6 Å². The average Bonchev–Trinajstić information content (AvgIpc) is 3.38. The van der Waals surface area contributed by atoms with Crippen LogP contribution in [0.2, 0.25) is 0 Å². The molecule has 0 bridgehead atoms. The molecule has 11 nitrogen and oxygen atoms in total. The molecule has 0 saturated carbocycles. The van der Waals surface area contributed by atoms with Crippen LogP contribution in [0.15, 0.2) is 59.0 Å². The van der Waals surface area contributed by atoms with E-state index in [0.717, 1.165) is 19.3 Å². The van der Waals surface area contributed by atoms with E-state index in [1.54, 1.807) is 31.3 Å². The summed E-state index contributed by atoms with van der Waals surface area (Å²) in [5.74, 6) is -3.00. The van der Waals surface area contributed by atoms with Gasteiger partial charge in [0.05, 0.1) is 23.7 Å². The van der Waals surface area contributed by atoms with Gasteiger partial charge in [-0.2, -0.15) is 4.31 Å². The Balaban J connectivity index is 1.49. The van der Waals surface area contributed by atoms with Gasteiger partial charge in [-0.1, -0.05) is 36.8 Å². The minimum atomic E-state index is -3.85. The van der Waals surface area contributed by atoms with Crippen molar-refractivity contribution in [1.82, 2.24) is 14.1 Å². The fourth-order valence-electron chi connectivity index (χ4n) is 6.54. The molecule has 0 radical (unpaired) electrons. The lowest BCUT2D eigenvalue weighted by Gasteiger charge is -2.36. The minimum Gasteiger partial charge on any atom is -0.507 e. The van der Waals surface area contributed by atoms with Gasteiger partial charge in [0.25, 0.3) is 17.6 Å². The Hall–Kier alpha value is -3.58. The molecule has 3 fully saturated rings. The number of rotatable bonds is 6. The van der Waals surface area contributed by atoms with E-state index in [1.165, 1.54) is 38.4 Å². The second-order valence-electron chi connectivity index (χ2n) is 11.0. The summed E-state index contributed by atoms with van der Waals surface area (Å²) in [7, 11) is -2.27. The van der Waals surface area contributed by atoms with E-state index in [4.69, 9.17) is 4.74 Å². The number of anilines is 1. The maximum atomic E-state index is 14.2. The van der Waals surface area contributed by atoms with Crippen LogP contribution in [0.3, 0.4) is 0 Å². The van der Waals surface area contributed by atoms with Crippen molar-refractivity contribution in [3.8, 4) is 0 Å². The van der Waals surface area contributed by atoms with E-state index >= 15 is 0 Å². The molecule has 4 aliphatic heterocycles. The van der Waals surface area contributed by atoms with Gasteiger partial charge in [-0.15, -0.1) is 0 Å². The molecule has 0 aliphatic carbocycles. The number of ether oxygens (including phenoxy) is 1. The number of sulfonamides is 1. The number of hydrogen-bond acceptors (Lipinski definition) is 8. The van der Waals surface area contributed by atoms with Crippen LogP contribution in [0.4, 0.5) is 5.69 Å². The number of aliphatic hydroxyl groups is 1. The topological polar surface area (TPSA) is 128 Å². The van der Waals surface area contributed by atoms with Crippen LogP contribution in [-0.2, 0) is 34.7 Å². The van der Waals surface area contributed by atoms with Crippen LogP contribution >= 0.6 is 0 Å². The van der Waals surface area contributed by atoms with E-state index < -0.39 is 38.9 Å². The average molecular weight is 595 g/mol. The highest BCUT2D eigenvalue weighted by atomic mass is 32.2. The number of para-hydroxylation sites is 1. The lowest BCUT2D eigenvalue weighted by atomic mass is 9.82. The fourth-order valence-corrected chi connectivity index (χ4v) is 8.10. The summed E-state index contributed by atoms with van der Waals surface area (Å²) >= 11 is 0. The molecule has 1 N–H and O–H groups in total. The first-order chi connectivity index (χ1) is 20.2. The molecule has 12 heteroatoms. The third-order valence-corrected chi connectivity index (χ3v) is 10.6. The van der Waals surface area contributed by atoms with Gasteiger partial charge < -0.3 is 19.6 Å². The Bertz CT molecular complexity index is 1580. The van der Waals surface area contributed by atoms with Gasteiger partial charge in [0.1, 0.15) is 5.76 Å². The van der Waals surface area contributed by atoms with Crippen molar-refractivity contribution in [2.45, 2.75) is 29.7 Å². The predicted octanol–water partition coefficient (Wildman–Crippen LogP) is 1.75. The number of amides is 2. The summed E-state index contributed by atoms with van der Waals surface area (Å²) in [6.07, 6.45) is 2.49. The molecule has 42 heavy (non-hydrogen) atoms. The molecule has 6 rings (SSSR count). The standard InChI is InChI=1S/C30H34N4O7S/c1-31-24-11-4-3-10-23(24)30(29(31)38)25(27(36)28(37)34(30)15-14-32-16-18-41-19-17-32)26(35)21-8-7-9-22(20-21)42(39,40)33-12-5-2-6-13-33/h3-4,7-11,20,35H,2,5-6,12-19H2,1H3/t30-/m1/s1. The van der Waals surface area contributed by atoms with Crippen molar-refractivity contribution in [2.24, 2.45) is 0 Å². The normalized spacial score (nSPS) is 25.0. The maximum Gasteiger partial charge on any atom is 0.296 e. The van der Waals surface area contributed by atoms with Gasteiger partial charge in [-0.25, -0.2) is 8.42 Å². The van der Waals surface area contributed by atoms with E-state index in [1.807, 2.05) is 0 Å². The first kappa shape index (κ1) is 28.5. The lowest BCUT2D eigenvalue weighted by Crippen LogP contribution is -2.53. The molecule has 0 unspecified atom stereocenters. The number of likely N-dealkylation sites (N-methyl/N-ethyl adjacent to an activating group) is 1. The molecule has 2 aromatic rings. The van der Waals surface area contributed by atoms with Gasteiger partial charge in [0.15, 0.2) is 5.54 Å². The summed E-state index contributed by atoms with van der Waals surface area (Å²) < 4.78 is 33.7. The summed E-state index contributed by atoms with van der Waals surface area (Å²) in [6, 6.07) is 12.6. The Labute approximate surface area is 245 Å². The van der Waals surface area contributed by atoms with E-state index in [9.17, 15) is 27.9 Å². The highest BCUT2D eigenvalue weighted by Crippen LogP contribution is 2.53. The van der Waals surface area contributed by atoms with Crippen molar-refractivity contribution in [1.29, 1.82) is 0 Å². The zero-order chi connectivity index (χ0) is 29.6. The summed E-state index contributed by atoms with van der Waals surface area (Å²) in [4.78, 5) is 46.4. The Morgan fingerprint density at radius 3 is 2.38 bits per heavy atom. The molecular formula is C30H34N4O7S. The smallest absolute Gasteiger partial charge is 0.296 e. The monoisotopic (exact) mass is 594 g/mol. The first-order valence-corrected chi connectivity index (χ1v) is 15.7. The number of nitrogens with zero attached hydrogens (tertiary/aromatic N) is 4. The number of hydrogen-bond donors (Lipinski definition) is 1. The van der Waals surface area contributed by atoms with Crippen molar-refractivity contribution in [3.05, 3.63) is 65.2 Å². The zero-order valence-corrected chi connectivity index (χ0v) is 24.3. The van der Waals surface area contributed by atoms with Gasteiger partial charge in [0.2, 0.25) is 10.0 Å². The van der Waals surface area contributed by atoms with Crippen LogP contribution in [0.25, 0.3) is 5.76 Å². The third-order valence-electron chi connectivity index (χ3n) is 8.74. The number of Topliss-reactive ketones (excluding diaryl/α,β-unsaturated/α-hetero) is 1. The van der Waals surface area contributed by atoms with Crippen LogP contribution in [0.1, 0.15) is 30.4 Å². The second-order valence-corrected chi connectivity index (χ2v) is 13.0. The minimum absolute atomic E-state index is 0.0284. The molecule has 222 valence electrons. The van der Waals surface area contributed by atoms with Crippen LogP contribution in [0.5, 0.6) is 0 Å². The van der Waals surface area contributed by atoms with E-state index in [2.05, 4.69) is 4.90 Å². The first-order valence-electron chi connectivity index (χ1n) is 14.3. The zero-order valence-electron chi connectivity index (χ0n) is 23.5. The number of benzene rings is 2. The van der Waals surface area contributed by atoms with Crippen molar-refractivity contribution < 1.29 is 32.6 Å². The molecule has 3 saturated heterocycles. The Morgan fingerprint density at radius 1 is 0.929 bits per heavy atom. The molecule has 2 aromatic carbocycles. The third kappa shape index (κ3) is 4.36. The lowest BCUT2D eigenvalue weighted by molar-refractivity contribution is -0.144. The number of carbonyl (C=O) groups excluding carboxylic acids is 3. The highest BCUT2D eigenvalue weighted by molar-refractivity contribution is 7.89. The molecule has 2 amide bonds. The maximum absolute atomic E-state index is 14.2. The number of piperidine rings is 1. The fraction of sp³-hybridized carbons (Fsp3) is 0.433. The molecule has 0 aromatic heterocycles. The van der Waals surface area contributed by atoms with Crippen molar-refractivity contribution in [3.63, 3.8) is 0 Å². The highest BCUT2D eigenvalue weighted by Gasteiger charge is 2.66. The second kappa shape index (κ2) is 10.9. The van der Waals surface area contributed by atoms with Gasteiger partial charge in [-0.05, 0) is 31.0 Å². The van der Waals surface area contributed by atoms with Gasteiger partial charge in [-0.3, -0.25) is 19.3 Å². The Morgan fingerprint density at radius 2 is 1.64 bits per heavy atom. The number of ketones is 1. The molecule has 1 atom stereocenters. The molecular weight excluding hydrogens is 560 g/mol. The van der Waals surface area contributed by atoms with Crippen LogP contribution < -0.4 is 4.90 Å². The van der Waals surface area contributed by atoms with Crippen LogP contribution in [0, 0.1) is 0 Å².